The third kappa shape index (κ3) is 12.0. The molecule has 2 aliphatic rings. The van der Waals surface area contributed by atoms with Crippen LogP contribution >= 0.6 is 0 Å². The van der Waals surface area contributed by atoms with E-state index in [1.165, 1.54) is 17.7 Å². The van der Waals surface area contributed by atoms with Gasteiger partial charge in [0.1, 0.15) is 11.5 Å². The van der Waals surface area contributed by atoms with Crippen molar-refractivity contribution in [3.63, 3.8) is 0 Å². The van der Waals surface area contributed by atoms with Crippen molar-refractivity contribution in [1.82, 2.24) is 25.8 Å². The van der Waals surface area contributed by atoms with Gasteiger partial charge in [-0.3, -0.25) is 19.3 Å². The lowest BCUT2D eigenvalue weighted by Gasteiger charge is -2.36. The first kappa shape index (κ1) is 46.7. The Morgan fingerprint density at radius 3 is 2.16 bits per heavy atom. The van der Waals surface area contributed by atoms with Gasteiger partial charge in [0.2, 0.25) is 17.1 Å². The summed E-state index contributed by atoms with van der Waals surface area (Å²) in [4.78, 5) is 56.4. The second-order valence-electron chi connectivity index (χ2n) is 17.6. The fraction of sp³-hybridized carbons (Fsp3) is 0.321. The second kappa shape index (κ2) is 21.6. The lowest BCUT2D eigenvalue weighted by atomic mass is 9.86. The van der Waals surface area contributed by atoms with Crippen molar-refractivity contribution >= 4 is 28.7 Å². The van der Waals surface area contributed by atoms with E-state index >= 15 is 0 Å². The van der Waals surface area contributed by atoms with Gasteiger partial charge in [-0.1, -0.05) is 103 Å². The van der Waals surface area contributed by atoms with Crippen molar-refractivity contribution in [2.24, 2.45) is 5.92 Å². The molecule has 0 unspecified atom stereocenters. The Hall–Kier alpha value is -6.84. The average Bonchev–Trinajstić information content (AvgIpc) is 3.33. The first-order valence-corrected chi connectivity index (χ1v) is 22.8. The number of aliphatic hydroxyl groups is 2. The Labute approximate surface area is 389 Å². The van der Waals surface area contributed by atoms with Crippen molar-refractivity contribution in [3.8, 4) is 11.5 Å². The largest absolute Gasteiger partial charge is 0.506 e. The standard InChI is InChI=1S/C53H57N5O9/c59-46-20-18-44(45-19-21-48(61)57-51(45)46)47(60)31-54-30-36-16-14-35(15-17-36)26-49(62)55-41-28-42(29-41)56-50(63)34-66-43-13-7-12-40(27-43)53(65,39-10-5-2-6-11-39)52(64)67-33-38-22-24-58(25-23-38)32-37-8-3-1-4-9-37/h1-21,27,38,41-42,47,54,59-60,65H,22-26,28-34H2,(H,55,62)(H,56,63)(H,57,61)/t41-,42-,47-,53-/m0/s1. The molecule has 1 saturated carbocycles. The topological polar surface area (TPSA) is 203 Å². The van der Waals surface area contributed by atoms with E-state index in [0.29, 0.717) is 41.6 Å². The van der Waals surface area contributed by atoms with Crippen molar-refractivity contribution in [2.75, 3.05) is 32.8 Å². The number of H-pyrrole nitrogens is 1. The summed E-state index contributed by atoms with van der Waals surface area (Å²) in [6.07, 6.45) is 2.26. The number of ether oxygens (including phenoxy) is 2. The molecule has 14 heteroatoms. The molecular weight excluding hydrogens is 851 g/mol. The summed E-state index contributed by atoms with van der Waals surface area (Å²) in [6.45, 7) is 3.32. The van der Waals surface area contributed by atoms with E-state index in [9.17, 15) is 34.5 Å². The zero-order valence-electron chi connectivity index (χ0n) is 37.2. The number of likely N-dealkylation sites (tertiary alicyclic amines) is 1. The number of aromatic nitrogens is 1. The molecule has 0 bridgehead atoms. The number of nitrogens with one attached hydrogen (secondary N) is 4. The number of phenols is 1. The van der Waals surface area contributed by atoms with Crippen LogP contribution in [0, 0.1) is 5.92 Å². The van der Waals surface area contributed by atoms with Gasteiger partial charge in [-0.25, -0.2) is 4.79 Å². The molecule has 14 nitrogen and oxygen atoms in total. The molecule has 6 aromatic rings. The number of fused-ring (bicyclic) bond motifs is 1. The van der Waals surface area contributed by atoms with Crippen LogP contribution in [-0.2, 0) is 44.2 Å². The summed E-state index contributed by atoms with van der Waals surface area (Å²) < 4.78 is 11.7. The number of aromatic hydroxyl groups is 1. The van der Waals surface area contributed by atoms with Crippen LogP contribution in [0.5, 0.6) is 11.5 Å². The van der Waals surface area contributed by atoms with Gasteiger partial charge in [-0.05, 0) is 96.8 Å². The molecule has 1 aliphatic heterocycles. The molecule has 0 radical (unpaired) electrons. The van der Waals surface area contributed by atoms with E-state index in [-0.39, 0.29) is 78.4 Å². The lowest BCUT2D eigenvalue weighted by molar-refractivity contribution is -0.164. The highest BCUT2D eigenvalue weighted by molar-refractivity contribution is 5.88. The summed E-state index contributed by atoms with van der Waals surface area (Å²) >= 11 is 0. The zero-order chi connectivity index (χ0) is 46.8. The van der Waals surface area contributed by atoms with E-state index in [1.54, 1.807) is 60.7 Å². The maximum Gasteiger partial charge on any atom is 0.347 e. The van der Waals surface area contributed by atoms with Gasteiger partial charge in [0, 0.05) is 48.7 Å². The van der Waals surface area contributed by atoms with Crippen LogP contribution in [0.2, 0.25) is 0 Å². The number of benzene rings is 5. The summed E-state index contributed by atoms with van der Waals surface area (Å²) in [5.41, 5.74) is 2.13. The molecule has 5 aromatic carbocycles. The fourth-order valence-corrected chi connectivity index (χ4v) is 8.87. The van der Waals surface area contributed by atoms with Gasteiger partial charge < -0.3 is 45.7 Å². The predicted octanol–water partition coefficient (Wildman–Crippen LogP) is 5.13. The first-order chi connectivity index (χ1) is 32.5. The number of esters is 1. The van der Waals surface area contributed by atoms with E-state index in [4.69, 9.17) is 9.47 Å². The number of pyridine rings is 1. The maximum absolute atomic E-state index is 13.8. The summed E-state index contributed by atoms with van der Waals surface area (Å²) in [7, 11) is 0. The molecule has 7 N–H and O–H groups in total. The Balaban J connectivity index is 0.747. The van der Waals surface area contributed by atoms with Crippen LogP contribution in [0.3, 0.4) is 0 Å². The normalized spacial score (nSPS) is 17.7. The maximum atomic E-state index is 13.8. The Kier molecular flexibility index (Phi) is 15.1. The number of aliphatic hydroxyl groups excluding tert-OH is 1. The minimum Gasteiger partial charge on any atom is -0.506 e. The number of aromatic amines is 1. The number of hydrogen-bond acceptors (Lipinski definition) is 11. The summed E-state index contributed by atoms with van der Waals surface area (Å²) in [5, 5.41) is 42.9. The predicted molar refractivity (Wildman–Crippen MR) is 253 cm³/mol. The number of rotatable bonds is 19. The molecule has 1 saturated heterocycles. The number of nitrogens with zero attached hydrogens (tertiary/aromatic N) is 1. The zero-order valence-corrected chi connectivity index (χ0v) is 37.2. The average molecular weight is 908 g/mol. The SMILES string of the molecule is O=C(COc1cccc([C@](O)(C(=O)OCC2CCN(Cc3ccccc3)CC2)c2ccccc2)c1)N[C@H]1C[C@H](NC(=O)Cc2ccc(CNC[C@H](O)c3ccc(O)c4[nH]c(=O)ccc34)cc2)C1. The van der Waals surface area contributed by atoms with Gasteiger partial charge in [0.15, 0.2) is 6.61 Å². The molecule has 1 aromatic heterocycles. The van der Waals surface area contributed by atoms with Crippen LogP contribution < -0.4 is 26.2 Å². The molecule has 67 heavy (non-hydrogen) atoms. The molecule has 2 amide bonds. The van der Waals surface area contributed by atoms with Gasteiger partial charge in [-0.15, -0.1) is 0 Å². The highest BCUT2D eigenvalue weighted by Crippen LogP contribution is 2.34. The number of carbonyl (C=O) groups excluding carboxylic acids is 3. The first-order valence-electron chi connectivity index (χ1n) is 22.8. The summed E-state index contributed by atoms with van der Waals surface area (Å²) in [5.74, 6) is -0.798. The second-order valence-corrected chi connectivity index (χ2v) is 17.6. The van der Waals surface area contributed by atoms with Crippen LogP contribution in [-0.4, -0.2) is 87.9 Å². The van der Waals surface area contributed by atoms with E-state index in [0.717, 1.165) is 43.6 Å². The molecular formula is C53H57N5O9. The minimum atomic E-state index is -2.10. The van der Waals surface area contributed by atoms with Crippen LogP contribution in [0.1, 0.15) is 65.2 Å². The summed E-state index contributed by atoms with van der Waals surface area (Å²) in [6, 6.07) is 39.0. The van der Waals surface area contributed by atoms with Crippen molar-refractivity contribution in [2.45, 2.75) is 69.0 Å². The molecule has 0 spiro atoms. The molecule has 2 fully saturated rings. The Morgan fingerprint density at radius 2 is 1.43 bits per heavy atom. The molecule has 2 atom stereocenters. The van der Waals surface area contributed by atoms with E-state index in [2.05, 4.69) is 38.0 Å². The van der Waals surface area contributed by atoms with E-state index < -0.39 is 17.7 Å². The van der Waals surface area contributed by atoms with Gasteiger partial charge in [0.05, 0.1) is 24.6 Å². The monoisotopic (exact) mass is 907 g/mol. The third-order valence-corrected chi connectivity index (χ3v) is 12.7. The van der Waals surface area contributed by atoms with Crippen molar-refractivity contribution in [1.29, 1.82) is 0 Å². The highest BCUT2D eigenvalue weighted by atomic mass is 16.5. The quantitative estimate of drug-likeness (QED) is 0.0532. The fourth-order valence-electron chi connectivity index (χ4n) is 8.87. The molecule has 8 rings (SSSR count). The van der Waals surface area contributed by atoms with Gasteiger partial charge in [-0.2, -0.15) is 0 Å². The number of piperidine rings is 1. The lowest BCUT2D eigenvalue weighted by Crippen LogP contribution is -2.54. The van der Waals surface area contributed by atoms with E-state index in [1.807, 2.05) is 48.5 Å². The smallest absolute Gasteiger partial charge is 0.347 e. The van der Waals surface area contributed by atoms with Crippen LogP contribution in [0.25, 0.3) is 10.9 Å². The molecule has 348 valence electrons. The van der Waals surface area contributed by atoms with Crippen LogP contribution in [0.15, 0.2) is 138 Å². The third-order valence-electron chi connectivity index (χ3n) is 12.7. The van der Waals surface area contributed by atoms with Gasteiger partial charge in [0.25, 0.3) is 5.91 Å². The van der Waals surface area contributed by atoms with Crippen molar-refractivity contribution < 1.29 is 39.2 Å². The molecule has 2 heterocycles. The highest BCUT2D eigenvalue weighted by Gasteiger charge is 2.42. The van der Waals surface area contributed by atoms with Gasteiger partial charge >= 0.3 is 5.97 Å². The Bertz CT molecular complexity index is 2680. The minimum absolute atomic E-state index is 0.0657. The van der Waals surface area contributed by atoms with Crippen molar-refractivity contribution in [3.05, 3.63) is 177 Å². The number of phenolic OH excluding ortho intramolecular Hbond substituents is 1. The number of amides is 2. The number of carbonyl (C=O) groups is 3. The Morgan fingerprint density at radius 1 is 0.761 bits per heavy atom. The van der Waals surface area contributed by atoms with Crippen LogP contribution in [0.4, 0.5) is 0 Å². The number of hydrogen-bond donors (Lipinski definition) is 7. The molecule has 1 aliphatic carbocycles.